The van der Waals surface area contributed by atoms with Crippen LogP contribution in [-0.4, -0.2) is 66.8 Å². The molecule has 2 fully saturated rings. The molecule has 0 aromatic rings. The van der Waals surface area contributed by atoms with Gasteiger partial charge in [0.25, 0.3) is 10.2 Å². The lowest BCUT2D eigenvalue weighted by Gasteiger charge is -2.39. The molecule has 2 aliphatic heterocycles. The average Bonchev–Trinajstić information content (AvgIpc) is 2.29. The zero-order chi connectivity index (χ0) is 12.5. The molecule has 0 radical (unpaired) electrons. The Hall–Kier alpha value is 0.180. The maximum absolute atomic E-state index is 12.4. The van der Waals surface area contributed by atoms with Crippen molar-refractivity contribution in [1.82, 2.24) is 13.9 Å². The van der Waals surface area contributed by atoms with Crippen LogP contribution in [0.3, 0.4) is 0 Å². The van der Waals surface area contributed by atoms with Crippen molar-refractivity contribution in [3.8, 4) is 0 Å². The highest BCUT2D eigenvalue weighted by Gasteiger charge is 2.37. The van der Waals surface area contributed by atoms with Crippen molar-refractivity contribution in [3.05, 3.63) is 0 Å². The molecular formula is C10H21N3O2S2. The van der Waals surface area contributed by atoms with E-state index in [9.17, 15) is 8.42 Å². The summed E-state index contributed by atoms with van der Waals surface area (Å²) in [6, 6.07) is 0. The Morgan fingerprint density at radius 2 is 1.76 bits per heavy atom. The summed E-state index contributed by atoms with van der Waals surface area (Å²) in [6.45, 7) is 8.16. The molecule has 2 heterocycles. The van der Waals surface area contributed by atoms with Crippen molar-refractivity contribution in [2.75, 3.05) is 45.0 Å². The zero-order valence-electron chi connectivity index (χ0n) is 10.5. The van der Waals surface area contributed by atoms with Gasteiger partial charge < -0.3 is 5.32 Å². The molecule has 17 heavy (non-hydrogen) atoms. The fourth-order valence-corrected chi connectivity index (χ4v) is 5.30. The Balaban J connectivity index is 2.09. The summed E-state index contributed by atoms with van der Waals surface area (Å²) in [6.07, 6.45) is 0. The number of nitrogens with one attached hydrogen (secondary N) is 1. The van der Waals surface area contributed by atoms with Crippen molar-refractivity contribution in [2.45, 2.75) is 18.6 Å². The van der Waals surface area contributed by atoms with Crippen molar-refractivity contribution < 1.29 is 8.42 Å². The SMILES string of the molecule is CC1(C)CN(S(=O)(=O)N2CCNCC2)CCS1. The molecular weight excluding hydrogens is 258 g/mol. The topological polar surface area (TPSA) is 52.7 Å². The van der Waals surface area contributed by atoms with E-state index in [1.807, 2.05) is 11.8 Å². The molecule has 0 unspecified atom stereocenters. The molecule has 0 bridgehead atoms. The van der Waals surface area contributed by atoms with E-state index in [0.29, 0.717) is 26.2 Å². The van der Waals surface area contributed by atoms with E-state index in [0.717, 1.165) is 18.8 Å². The zero-order valence-corrected chi connectivity index (χ0v) is 12.1. The third kappa shape index (κ3) is 3.14. The lowest BCUT2D eigenvalue weighted by molar-refractivity contribution is 0.304. The molecule has 0 aromatic heterocycles. The first-order valence-electron chi connectivity index (χ1n) is 6.02. The standard InChI is InChI=1S/C10H21N3O2S2/c1-10(2)9-13(7-8-16-10)17(14,15)12-5-3-11-4-6-12/h11H,3-9H2,1-2H3. The fraction of sp³-hybridized carbons (Fsp3) is 1.00. The van der Waals surface area contributed by atoms with E-state index in [1.165, 1.54) is 0 Å². The van der Waals surface area contributed by atoms with Crippen molar-refractivity contribution in [2.24, 2.45) is 0 Å². The van der Waals surface area contributed by atoms with Gasteiger partial charge in [-0.1, -0.05) is 0 Å². The Kier molecular flexibility index (Phi) is 4.04. The summed E-state index contributed by atoms with van der Waals surface area (Å²) < 4.78 is 28.2. The lowest BCUT2D eigenvalue weighted by atomic mass is 10.2. The minimum Gasteiger partial charge on any atom is -0.314 e. The van der Waals surface area contributed by atoms with Crippen molar-refractivity contribution in [1.29, 1.82) is 0 Å². The molecule has 5 nitrogen and oxygen atoms in total. The predicted molar refractivity (Wildman–Crippen MR) is 71.5 cm³/mol. The number of thioether (sulfide) groups is 1. The molecule has 0 amide bonds. The van der Waals surface area contributed by atoms with Crippen molar-refractivity contribution in [3.63, 3.8) is 0 Å². The fourth-order valence-electron chi connectivity index (χ4n) is 2.21. The largest absolute Gasteiger partial charge is 0.314 e. The van der Waals surface area contributed by atoms with Gasteiger partial charge in [0, 0.05) is 49.8 Å². The second-order valence-electron chi connectivity index (χ2n) is 5.10. The maximum Gasteiger partial charge on any atom is 0.282 e. The summed E-state index contributed by atoms with van der Waals surface area (Å²) in [5, 5.41) is 3.18. The van der Waals surface area contributed by atoms with Crippen LogP contribution in [0.15, 0.2) is 0 Å². The van der Waals surface area contributed by atoms with Gasteiger partial charge in [0.15, 0.2) is 0 Å². The number of nitrogens with zero attached hydrogens (tertiary/aromatic N) is 2. The van der Waals surface area contributed by atoms with E-state index < -0.39 is 10.2 Å². The summed E-state index contributed by atoms with van der Waals surface area (Å²) >= 11 is 1.85. The number of hydrogen-bond donors (Lipinski definition) is 1. The number of rotatable bonds is 2. The lowest BCUT2D eigenvalue weighted by Crippen LogP contribution is -2.55. The number of hydrogen-bond acceptors (Lipinski definition) is 4. The second-order valence-corrected chi connectivity index (χ2v) is 8.83. The van der Waals surface area contributed by atoms with Crippen LogP contribution >= 0.6 is 11.8 Å². The quantitative estimate of drug-likeness (QED) is 0.771. The monoisotopic (exact) mass is 279 g/mol. The van der Waals surface area contributed by atoms with Crippen LogP contribution in [0.25, 0.3) is 0 Å². The highest BCUT2D eigenvalue weighted by atomic mass is 32.2. The third-order valence-corrected chi connectivity index (χ3v) is 6.40. The van der Waals surface area contributed by atoms with Gasteiger partial charge in [-0.05, 0) is 13.8 Å². The predicted octanol–water partition coefficient (Wildman–Crippen LogP) is -0.0362. The summed E-state index contributed by atoms with van der Waals surface area (Å²) in [7, 11) is -3.24. The van der Waals surface area contributed by atoms with Gasteiger partial charge in [0.1, 0.15) is 0 Å². The molecule has 0 atom stereocenters. The van der Waals surface area contributed by atoms with Crippen LogP contribution in [0, 0.1) is 0 Å². The minimum absolute atomic E-state index is 0.0271. The normalized spacial score (nSPS) is 28.1. The van der Waals surface area contributed by atoms with E-state index >= 15 is 0 Å². The molecule has 7 heteroatoms. The van der Waals surface area contributed by atoms with Crippen LogP contribution in [0.2, 0.25) is 0 Å². The van der Waals surface area contributed by atoms with Gasteiger partial charge in [0.2, 0.25) is 0 Å². The Morgan fingerprint density at radius 1 is 1.12 bits per heavy atom. The molecule has 1 N–H and O–H groups in total. The third-order valence-electron chi connectivity index (χ3n) is 3.12. The molecule has 0 aromatic carbocycles. The Labute approximate surface area is 108 Å². The Morgan fingerprint density at radius 3 is 2.35 bits per heavy atom. The van der Waals surface area contributed by atoms with Crippen LogP contribution < -0.4 is 5.32 Å². The van der Waals surface area contributed by atoms with E-state index in [1.54, 1.807) is 8.61 Å². The first kappa shape index (κ1) is 13.6. The van der Waals surface area contributed by atoms with Crippen molar-refractivity contribution >= 4 is 22.0 Å². The van der Waals surface area contributed by atoms with E-state index in [-0.39, 0.29) is 4.75 Å². The van der Waals surface area contributed by atoms with Crippen LogP contribution in [-0.2, 0) is 10.2 Å². The molecule has 2 saturated heterocycles. The van der Waals surface area contributed by atoms with E-state index in [2.05, 4.69) is 19.2 Å². The van der Waals surface area contributed by atoms with Gasteiger partial charge >= 0.3 is 0 Å². The smallest absolute Gasteiger partial charge is 0.282 e. The van der Waals surface area contributed by atoms with Gasteiger partial charge in [-0.3, -0.25) is 0 Å². The van der Waals surface area contributed by atoms with Crippen LogP contribution in [0.4, 0.5) is 0 Å². The molecule has 0 saturated carbocycles. The highest BCUT2D eigenvalue weighted by molar-refractivity contribution is 8.00. The minimum atomic E-state index is -3.24. The number of piperazine rings is 1. The average molecular weight is 279 g/mol. The summed E-state index contributed by atoms with van der Waals surface area (Å²) in [5.74, 6) is 0.887. The summed E-state index contributed by atoms with van der Waals surface area (Å²) in [4.78, 5) is 0. The van der Waals surface area contributed by atoms with Crippen LogP contribution in [0.1, 0.15) is 13.8 Å². The summed E-state index contributed by atoms with van der Waals surface area (Å²) in [5.41, 5.74) is 0. The Bertz CT molecular complexity index is 364. The first-order valence-corrected chi connectivity index (χ1v) is 8.40. The van der Waals surface area contributed by atoms with Gasteiger partial charge in [-0.25, -0.2) is 0 Å². The van der Waals surface area contributed by atoms with Gasteiger partial charge in [-0.15, -0.1) is 0 Å². The molecule has 2 rings (SSSR count). The molecule has 0 aliphatic carbocycles. The van der Waals surface area contributed by atoms with Gasteiger partial charge in [0.05, 0.1) is 0 Å². The highest BCUT2D eigenvalue weighted by Crippen LogP contribution is 2.31. The maximum atomic E-state index is 12.4. The van der Waals surface area contributed by atoms with Crippen LogP contribution in [0.5, 0.6) is 0 Å². The molecule has 100 valence electrons. The second kappa shape index (κ2) is 5.05. The van der Waals surface area contributed by atoms with E-state index in [4.69, 9.17) is 0 Å². The van der Waals surface area contributed by atoms with Gasteiger partial charge in [-0.2, -0.15) is 28.8 Å². The molecule has 0 spiro atoms. The molecule has 2 aliphatic rings. The first-order chi connectivity index (χ1) is 7.92.